The molecule has 0 amide bonds. The number of unbranched alkanes of at least 4 members (excludes halogenated alkanes) is 4. The maximum absolute atomic E-state index is 5.77. The van der Waals surface area contributed by atoms with Crippen LogP contribution in [-0.4, -0.2) is 13.2 Å². The van der Waals surface area contributed by atoms with Gasteiger partial charge in [0.15, 0.2) is 0 Å². The van der Waals surface area contributed by atoms with Gasteiger partial charge in [0.1, 0.15) is 11.5 Å². The first-order valence-corrected chi connectivity index (χ1v) is 8.44. The summed E-state index contributed by atoms with van der Waals surface area (Å²) >= 11 is 0. The highest BCUT2D eigenvalue weighted by Crippen LogP contribution is 2.20. The molecular formula is C20H30O2. The average molecular weight is 302 g/mol. The fourth-order valence-corrected chi connectivity index (χ4v) is 2.10. The Morgan fingerprint density at radius 2 is 1.27 bits per heavy atom. The lowest BCUT2D eigenvalue weighted by molar-refractivity contribution is 0.292. The van der Waals surface area contributed by atoms with Crippen molar-refractivity contribution in [2.75, 3.05) is 13.2 Å². The summed E-state index contributed by atoms with van der Waals surface area (Å²) in [6.07, 6.45) is 15.4. The molecule has 0 bridgehead atoms. The van der Waals surface area contributed by atoms with Crippen LogP contribution in [0.3, 0.4) is 0 Å². The maximum Gasteiger partial charge on any atom is 0.122 e. The molecule has 1 aromatic carbocycles. The highest BCUT2D eigenvalue weighted by Gasteiger charge is 1.98. The highest BCUT2D eigenvalue weighted by atomic mass is 16.5. The second kappa shape index (κ2) is 13.0. The van der Waals surface area contributed by atoms with E-state index in [4.69, 9.17) is 9.47 Å². The predicted molar refractivity (Wildman–Crippen MR) is 94.8 cm³/mol. The van der Waals surface area contributed by atoms with Crippen molar-refractivity contribution in [2.45, 2.75) is 52.4 Å². The number of ether oxygens (including phenoxy) is 2. The Bertz CT molecular complexity index is 398. The third-order valence-corrected chi connectivity index (χ3v) is 3.34. The van der Waals surface area contributed by atoms with Gasteiger partial charge in [-0.3, -0.25) is 0 Å². The number of benzene rings is 1. The van der Waals surface area contributed by atoms with Gasteiger partial charge in [0.25, 0.3) is 0 Å². The molecule has 1 aromatic rings. The summed E-state index contributed by atoms with van der Waals surface area (Å²) in [5.74, 6) is 1.80. The van der Waals surface area contributed by atoms with Gasteiger partial charge < -0.3 is 9.47 Å². The molecule has 0 saturated carbocycles. The van der Waals surface area contributed by atoms with Gasteiger partial charge in [-0.15, -0.1) is 0 Å². The quantitative estimate of drug-likeness (QED) is 0.351. The van der Waals surface area contributed by atoms with E-state index in [2.05, 4.69) is 38.2 Å². The minimum absolute atomic E-state index is 0.768. The van der Waals surface area contributed by atoms with E-state index in [0.29, 0.717) is 0 Å². The van der Waals surface area contributed by atoms with Crippen LogP contribution in [0, 0.1) is 0 Å². The molecule has 2 heteroatoms. The van der Waals surface area contributed by atoms with E-state index >= 15 is 0 Å². The monoisotopic (exact) mass is 302 g/mol. The topological polar surface area (TPSA) is 18.5 Å². The number of rotatable bonds is 12. The summed E-state index contributed by atoms with van der Waals surface area (Å²) in [7, 11) is 0. The summed E-state index contributed by atoms with van der Waals surface area (Å²) in [5.41, 5.74) is 0. The SMILES string of the molecule is CC=CCCCCOc1cccc(OCCCCC=CC)c1. The Hall–Kier alpha value is -1.70. The van der Waals surface area contributed by atoms with Gasteiger partial charge in [-0.25, -0.2) is 0 Å². The number of allylic oxidation sites excluding steroid dienone is 4. The van der Waals surface area contributed by atoms with Gasteiger partial charge in [0.05, 0.1) is 13.2 Å². The molecule has 122 valence electrons. The molecule has 0 aromatic heterocycles. The van der Waals surface area contributed by atoms with Crippen molar-refractivity contribution in [3.63, 3.8) is 0 Å². The van der Waals surface area contributed by atoms with E-state index in [1.54, 1.807) is 0 Å². The molecule has 0 aliphatic rings. The van der Waals surface area contributed by atoms with Crippen LogP contribution in [-0.2, 0) is 0 Å². The largest absolute Gasteiger partial charge is 0.493 e. The first-order valence-electron chi connectivity index (χ1n) is 8.44. The molecule has 22 heavy (non-hydrogen) atoms. The van der Waals surface area contributed by atoms with Crippen LogP contribution < -0.4 is 9.47 Å². The van der Waals surface area contributed by atoms with Crippen LogP contribution >= 0.6 is 0 Å². The Labute approximate surface area is 135 Å². The van der Waals surface area contributed by atoms with E-state index in [1.807, 2.05) is 24.3 Å². The average Bonchev–Trinajstić information content (AvgIpc) is 2.54. The molecular weight excluding hydrogens is 272 g/mol. The first-order chi connectivity index (χ1) is 10.9. The van der Waals surface area contributed by atoms with E-state index in [9.17, 15) is 0 Å². The molecule has 0 aliphatic heterocycles. The Kier molecular flexibility index (Phi) is 10.8. The van der Waals surface area contributed by atoms with E-state index < -0.39 is 0 Å². The van der Waals surface area contributed by atoms with Crippen LogP contribution in [0.5, 0.6) is 11.5 Å². The summed E-state index contributed by atoms with van der Waals surface area (Å²) in [5, 5.41) is 0. The van der Waals surface area contributed by atoms with Crippen LogP contribution in [0.25, 0.3) is 0 Å². The first kappa shape index (κ1) is 18.3. The van der Waals surface area contributed by atoms with E-state index in [0.717, 1.165) is 50.4 Å². The number of hydrogen-bond donors (Lipinski definition) is 0. The minimum atomic E-state index is 0.768. The smallest absolute Gasteiger partial charge is 0.122 e. The highest BCUT2D eigenvalue weighted by molar-refractivity contribution is 5.32. The van der Waals surface area contributed by atoms with Gasteiger partial charge in [-0.05, 0) is 64.5 Å². The van der Waals surface area contributed by atoms with Gasteiger partial charge in [-0.2, -0.15) is 0 Å². The molecule has 1 rings (SSSR count). The summed E-state index contributed by atoms with van der Waals surface area (Å²) in [4.78, 5) is 0. The third kappa shape index (κ3) is 9.28. The molecule has 0 radical (unpaired) electrons. The lowest BCUT2D eigenvalue weighted by Gasteiger charge is -2.09. The lowest BCUT2D eigenvalue weighted by Crippen LogP contribution is -1.99. The zero-order chi connectivity index (χ0) is 15.9. The maximum atomic E-state index is 5.77. The Morgan fingerprint density at radius 1 is 0.773 bits per heavy atom. The van der Waals surface area contributed by atoms with E-state index in [1.165, 1.54) is 12.8 Å². The van der Waals surface area contributed by atoms with Crippen molar-refractivity contribution in [1.82, 2.24) is 0 Å². The van der Waals surface area contributed by atoms with Crippen LogP contribution in [0.1, 0.15) is 52.4 Å². The molecule has 0 aliphatic carbocycles. The summed E-state index contributed by atoms with van der Waals surface area (Å²) in [6.45, 7) is 5.65. The molecule has 0 spiro atoms. The summed E-state index contributed by atoms with van der Waals surface area (Å²) < 4.78 is 11.5. The molecule has 0 saturated heterocycles. The van der Waals surface area contributed by atoms with Crippen LogP contribution in [0.15, 0.2) is 48.6 Å². The fraction of sp³-hybridized carbons (Fsp3) is 0.500. The van der Waals surface area contributed by atoms with Crippen LogP contribution in [0.4, 0.5) is 0 Å². The van der Waals surface area contributed by atoms with Crippen LogP contribution in [0.2, 0.25) is 0 Å². The molecule has 0 N–H and O–H groups in total. The molecule has 0 atom stereocenters. The van der Waals surface area contributed by atoms with E-state index in [-0.39, 0.29) is 0 Å². The third-order valence-electron chi connectivity index (χ3n) is 3.34. The fourth-order valence-electron chi connectivity index (χ4n) is 2.10. The predicted octanol–water partition coefficient (Wildman–Crippen LogP) is 5.94. The molecule has 0 unspecified atom stereocenters. The van der Waals surface area contributed by atoms with Crippen molar-refractivity contribution in [3.05, 3.63) is 48.6 Å². The standard InChI is InChI=1S/C20H30O2/c1-3-5-7-9-11-16-21-19-14-13-15-20(18-19)22-17-12-10-8-6-4-2/h3-6,13-15,18H,7-12,16-17H2,1-2H3. The Balaban J connectivity index is 2.18. The zero-order valence-corrected chi connectivity index (χ0v) is 14.1. The van der Waals surface area contributed by atoms with Gasteiger partial charge in [-0.1, -0.05) is 30.4 Å². The molecule has 0 fully saturated rings. The zero-order valence-electron chi connectivity index (χ0n) is 14.1. The second-order valence-corrected chi connectivity index (χ2v) is 5.30. The normalized spacial score (nSPS) is 11.4. The number of hydrogen-bond acceptors (Lipinski definition) is 2. The molecule has 0 heterocycles. The van der Waals surface area contributed by atoms with Crippen molar-refractivity contribution < 1.29 is 9.47 Å². The van der Waals surface area contributed by atoms with Crippen molar-refractivity contribution >= 4 is 0 Å². The summed E-state index contributed by atoms with van der Waals surface area (Å²) in [6, 6.07) is 7.96. The van der Waals surface area contributed by atoms with Gasteiger partial charge in [0, 0.05) is 6.07 Å². The van der Waals surface area contributed by atoms with Gasteiger partial charge >= 0.3 is 0 Å². The molecule has 2 nitrogen and oxygen atoms in total. The minimum Gasteiger partial charge on any atom is -0.493 e. The van der Waals surface area contributed by atoms with Crippen molar-refractivity contribution in [3.8, 4) is 11.5 Å². The van der Waals surface area contributed by atoms with Crippen molar-refractivity contribution in [1.29, 1.82) is 0 Å². The lowest BCUT2D eigenvalue weighted by atomic mass is 10.2. The Morgan fingerprint density at radius 3 is 1.73 bits per heavy atom. The van der Waals surface area contributed by atoms with Crippen molar-refractivity contribution in [2.24, 2.45) is 0 Å². The van der Waals surface area contributed by atoms with Gasteiger partial charge in [0.2, 0.25) is 0 Å². The second-order valence-electron chi connectivity index (χ2n) is 5.30.